The Balaban J connectivity index is 4.53. The van der Waals surface area contributed by atoms with E-state index in [0.29, 0.717) is 0 Å². The number of allylic oxidation sites excluding steroid dienone is 2. The number of hydrogen-bond acceptors (Lipinski definition) is 2. The largest absolute Gasteiger partial charge is 0.357 e. The van der Waals surface area contributed by atoms with Crippen LogP contribution < -0.4 is 0 Å². The van der Waals surface area contributed by atoms with Crippen LogP contribution in [0.1, 0.15) is 41.5 Å². The molecule has 0 N–H and O–H groups in total. The summed E-state index contributed by atoms with van der Waals surface area (Å²) in [7, 11) is 2.08. The molecule has 0 aromatic heterocycles. The molecule has 0 saturated heterocycles. The van der Waals surface area contributed by atoms with Crippen molar-refractivity contribution in [3.63, 3.8) is 0 Å². The van der Waals surface area contributed by atoms with E-state index in [4.69, 9.17) is 0 Å². The molecule has 0 aromatic rings. The summed E-state index contributed by atoms with van der Waals surface area (Å²) < 4.78 is 0. The molecule has 0 spiro atoms. The molecule has 0 fully saturated rings. The van der Waals surface area contributed by atoms with Crippen LogP contribution >= 0.6 is 0 Å². The van der Waals surface area contributed by atoms with Crippen LogP contribution in [0.3, 0.4) is 0 Å². The van der Waals surface area contributed by atoms with E-state index in [9.17, 15) is 0 Å². The topological polar surface area (TPSA) is 15.6 Å². The molecule has 0 bridgehead atoms. The number of nitrogens with zero attached hydrogens (tertiary/aromatic N) is 2. The zero-order valence-corrected chi connectivity index (χ0v) is 9.97. The van der Waals surface area contributed by atoms with Crippen LogP contribution in [-0.2, 0) is 0 Å². The Kier molecular flexibility index (Phi) is 4.74. The average Bonchev–Trinajstić information content (AvgIpc) is 2.00. The minimum atomic E-state index is 0.236. The molecule has 1 atom stereocenters. The van der Waals surface area contributed by atoms with Gasteiger partial charge in [-0.15, -0.1) is 0 Å². The van der Waals surface area contributed by atoms with Gasteiger partial charge in [0.05, 0.1) is 0 Å². The fourth-order valence-corrected chi connectivity index (χ4v) is 1.09. The van der Waals surface area contributed by atoms with E-state index >= 15 is 0 Å². The smallest absolute Gasteiger partial charge is 0.117 e. The van der Waals surface area contributed by atoms with E-state index in [2.05, 4.69) is 44.6 Å². The predicted molar refractivity (Wildman–Crippen MR) is 60.1 cm³/mol. The van der Waals surface area contributed by atoms with Crippen molar-refractivity contribution in [2.45, 2.75) is 47.7 Å². The van der Waals surface area contributed by atoms with Crippen LogP contribution in [0.25, 0.3) is 0 Å². The lowest BCUT2D eigenvalue weighted by molar-refractivity contribution is 0.330. The van der Waals surface area contributed by atoms with Crippen molar-refractivity contribution in [1.82, 2.24) is 4.90 Å². The van der Waals surface area contributed by atoms with Crippen molar-refractivity contribution < 1.29 is 0 Å². The van der Waals surface area contributed by atoms with Crippen LogP contribution in [0, 0.1) is 0 Å². The van der Waals surface area contributed by atoms with Gasteiger partial charge in [0.1, 0.15) is 6.17 Å². The van der Waals surface area contributed by atoms with Crippen LogP contribution in [0.4, 0.5) is 0 Å². The highest BCUT2D eigenvalue weighted by Gasteiger charge is 2.07. The van der Waals surface area contributed by atoms with Gasteiger partial charge < -0.3 is 4.90 Å². The summed E-state index contributed by atoms with van der Waals surface area (Å²) in [4.78, 5) is 6.69. The van der Waals surface area contributed by atoms with Crippen molar-refractivity contribution in [3.05, 3.63) is 11.3 Å². The molecule has 0 amide bonds. The molecule has 0 saturated carbocycles. The van der Waals surface area contributed by atoms with E-state index < -0.39 is 0 Å². The van der Waals surface area contributed by atoms with Crippen LogP contribution in [0.15, 0.2) is 16.3 Å². The first kappa shape index (κ1) is 12.2. The van der Waals surface area contributed by atoms with Crippen molar-refractivity contribution >= 4 is 5.71 Å². The summed E-state index contributed by atoms with van der Waals surface area (Å²) in [6.07, 6.45) is 0.236. The van der Waals surface area contributed by atoms with Gasteiger partial charge in [0.25, 0.3) is 0 Å². The summed E-state index contributed by atoms with van der Waals surface area (Å²) in [6.45, 7) is 12.6. The van der Waals surface area contributed by atoms with E-state index in [1.54, 1.807) is 0 Å². The Morgan fingerprint density at radius 1 is 1.08 bits per heavy atom. The SMILES string of the molecule is CC(C)=NC(C)N(C)C(C)=C(C)C. The maximum absolute atomic E-state index is 4.49. The lowest BCUT2D eigenvalue weighted by Crippen LogP contribution is -2.26. The van der Waals surface area contributed by atoms with Crippen molar-refractivity contribution in [1.29, 1.82) is 0 Å². The molecule has 0 rings (SSSR count). The average molecular weight is 182 g/mol. The lowest BCUT2D eigenvalue weighted by Gasteiger charge is -2.26. The zero-order chi connectivity index (χ0) is 10.6. The van der Waals surface area contributed by atoms with E-state index in [0.717, 1.165) is 5.71 Å². The Hall–Kier alpha value is -0.790. The highest BCUT2D eigenvalue weighted by atomic mass is 15.2. The third kappa shape index (κ3) is 4.11. The zero-order valence-electron chi connectivity index (χ0n) is 9.97. The van der Waals surface area contributed by atoms with Crippen LogP contribution in [0.2, 0.25) is 0 Å². The van der Waals surface area contributed by atoms with Crippen LogP contribution in [0.5, 0.6) is 0 Å². The molecule has 0 radical (unpaired) electrons. The predicted octanol–water partition coefficient (Wildman–Crippen LogP) is 3.06. The molecule has 2 nitrogen and oxygen atoms in total. The second-order valence-corrected chi connectivity index (χ2v) is 3.90. The Labute approximate surface area is 82.4 Å². The van der Waals surface area contributed by atoms with E-state index in [-0.39, 0.29) is 6.17 Å². The maximum atomic E-state index is 4.49. The first-order valence-corrected chi connectivity index (χ1v) is 4.74. The molecule has 76 valence electrons. The highest BCUT2D eigenvalue weighted by molar-refractivity contribution is 5.79. The van der Waals surface area contributed by atoms with Gasteiger partial charge >= 0.3 is 0 Å². The third-order valence-electron chi connectivity index (χ3n) is 2.26. The summed E-state index contributed by atoms with van der Waals surface area (Å²) in [5.74, 6) is 0. The molecule has 13 heavy (non-hydrogen) atoms. The fraction of sp³-hybridized carbons (Fsp3) is 0.727. The van der Waals surface area contributed by atoms with E-state index in [1.165, 1.54) is 11.3 Å². The second-order valence-electron chi connectivity index (χ2n) is 3.90. The standard InChI is InChI=1S/C11H22N2/c1-8(2)10(5)13(7)11(6)12-9(3)4/h11H,1-7H3. The van der Waals surface area contributed by atoms with Gasteiger partial charge in [-0.3, -0.25) is 4.99 Å². The monoisotopic (exact) mass is 182 g/mol. The molecule has 1 unspecified atom stereocenters. The summed E-state index contributed by atoms with van der Waals surface area (Å²) in [6, 6.07) is 0. The fourth-order valence-electron chi connectivity index (χ4n) is 1.09. The Morgan fingerprint density at radius 3 is 1.85 bits per heavy atom. The molecule has 0 aromatic carbocycles. The molecular formula is C11H22N2. The first-order valence-electron chi connectivity index (χ1n) is 4.74. The van der Waals surface area contributed by atoms with Crippen LogP contribution in [-0.4, -0.2) is 23.8 Å². The van der Waals surface area contributed by atoms with Gasteiger partial charge in [0, 0.05) is 18.5 Å². The minimum Gasteiger partial charge on any atom is -0.357 e. The number of hydrogen-bond donors (Lipinski definition) is 0. The van der Waals surface area contributed by atoms with Gasteiger partial charge in [0.15, 0.2) is 0 Å². The molecule has 2 heteroatoms. The quantitative estimate of drug-likeness (QED) is 0.612. The van der Waals surface area contributed by atoms with Gasteiger partial charge in [0.2, 0.25) is 0 Å². The lowest BCUT2D eigenvalue weighted by atomic mass is 10.2. The van der Waals surface area contributed by atoms with E-state index in [1.807, 2.05) is 13.8 Å². The molecule has 0 aliphatic carbocycles. The highest BCUT2D eigenvalue weighted by Crippen LogP contribution is 2.11. The normalized spacial score (nSPS) is 11.9. The molecule has 0 aliphatic rings. The number of rotatable bonds is 3. The Bertz CT molecular complexity index is 218. The van der Waals surface area contributed by atoms with Crippen molar-refractivity contribution in [3.8, 4) is 0 Å². The maximum Gasteiger partial charge on any atom is 0.117 e. The first-order chi connectivity index (χ1) is 5.86. The Morgan fingerprint density at radius 2 is 1.54 bits per heavy atom. The summed E-state index contributed by atoms with van der Waals surface area (Å²) >= 11 is 0. The van der Waals surface area contributed by atoms with Gasteiger partial charge in [-0.25, -0.2) is 0 Å². The molecule has 0 aliphatic heterocycles. The van der Waals surface area contributed by atoms with Gasteiger partial charge in [-0.1, -0.05) is 5.57 Å². The molecule has 0 heterocycles. The van der Waals surface area contributed by atoms with Crippen molar-refractivity contribution in [2.75, 3.05) is 7.05 Å². The third-order valence-corrected chi connectivity index (χ3v) is 2.26. The summed E-state index contributed by atoms with van der Waals surface area (Å²) in [5.41, 5.74) is 3.77. The van der Waals surface area contributed by atoms with Crippen molar-refractivity contribution in [2.24, 2.45) is 4.99 Å². The minimum absolute atomic E-state index is 0.236. The summed E-state index contributed by atoms with van der Waals surface area (Å²) in [5, 5.41) is 0. The molecular weight excluding hydrogens is 160 g/mol. The van der Waals surface area contributed by atoms with Gasteiger partial charge in [-0.2, -0.15) is 0 Å². The van der Waals surface area contributed by atoms with Gasteiger partial charge in [-0.05, 0) is 41.5 Å². The number of aliphatic imine (C=N–C) groups is 1. The second kappa shape index (κ2) is 5.05.